The van der Waals surface area contributed by atoms with E-state index in [9.17, 15) is 14.7 Å². The van der Waals surface area contributed by atoms with E-state index in [0.29, 0.717) is 24.7 Å². The number of aromatic carboxylic acids is 1. The van der Waals surface area contributed by atoms with E-state index in [1.54, 1.807) is 0 Å². The fraction of sp³-hybridized carbons (Fsp3) is 0. The minimum atomic E-state index is -1.05. The lowest BCUT2D eigenvalue weighted by Crippen LogP contribution is -2.12. The van der Waals surface area contributed by atoms with E-state index in [4.69, 9.17) is 5.11 Å². The lowest BCUT2D eigenvalue weighted by atomic mass is 10.1. The van der Waals surface area contributed by atoms with E-state index in [0.717, 1.165) is 0 Å². The second-order valence-corrected chi connectivity index (χ2v) is 6.81. The number of aromatic hydroxyl groups is 1. The van der Waals surface area contributed by atoms with E-state index in [1.165, 1.54) is 30.3 Å². The fourth-order valence-electron chi connectivity index (χ4n) is 1.64. The third-order valence-corrected chi connectivity index (χ3v) is 4.61. The number of hydrogen-bond acceptors (Lipinski definition) is 3. The van der Waals surface area contributed by atoms with Gasteiger partial charge in [0.15, 0.2) is 0 Å². The van der Waals surface area contributed by atoms with Crippen LogP contribution in [0.25, 0.3) is 0 Å². The van der Waals surface area contributed by atoms with Crippen molar-refractivity contribution in [3.05, 3.63) is 54.9 Å². The highest BCUT2D eigenvalue weighted by Gasteiger charge is 2.14. The van der Waals surface area contributed by atoms with E-state index < -0.39 is 11.9 Å². The highest BCUT2D eigenvalue weighted by Crippen LogP contribution is 2.33. The summed E-state index contributed by atoms with van der Waals surface area (Å²) in [5.41, 5.74) is 0.876. The average Bonchev–Trinajstić information content (AvgIpc) is 2.46. The Morgan fingerprint density at radius 3 is 1.95 bits per heavy atom. The summed E-state index contributed by atoms with van der Waals surface area (Å²) >= 11 is 9.53. The molecule has 0 fully saturated rings. The molecule has 0 aliphatic rings. The van der Waals surface area contributed by atoms with Crippen LogP contribution in [-0.2, 0) is 0 Å². The molecule has 0 saturated heterocycles. The maximum absolute atomic E-state index is 12.2. The molecule has 0 bridgehead atoms. The zero-order valence-corrected chi connectivity index (χ0v) is 15.5. The first-order valence-corrected chi connectivity index (χ1v) is 8.19. The molecule has 2 rings (SSSR count). The molecular formula is C14H8Br3NO4. The van der Waals surface area contributed by atoms with Crippen molar-refractivity contribution in [2.45, 2.75) is 0 Å². The molecule has 0 unspecified atom stereocenters. The number of phenolic OH excluding ortho intramolecular Hbond substituents is 1. The van der Waals surface area contributed by atoms with Crippen LogP contribution >= 0.6 is 47.8 Å². The molecule has 0 spiro atoms. The molecule has 22 heavy (non-hydrogen) atoms. The van der Waals surface area contributed by atoms with Crippen LogP contribution in [0.2, 0.25) is 0 Å². The topological polar surface area (TPSA) is 86.6 Å². The van der Waals surface area contributed by atoms with Crippen molar-refractivity contribution in [2.24, 2.45) is 0 Å². The largest absolute Gasteiger partial charge is 0.506 e. The predicted octanol–water partition coefficient (Wildman–Crippen LogP) is 4.63. The number of carboxylic acid groups (broad SMARTS) is 1. The van der Waals surface area contributed by atoms with Gasteiger partial charge in [-0.25, -0.2) is 4.79 Å². The quantitative estimate of drug-likeness (QED) is 0.582. The molecule has 5 nitrogen and oxygen atoms in total. The van der Waals surface area contributed by atoms with Gasteiger partial charge in [0.2, 0.25) is 0 Å². The van der Waals surface area contributed by atoms with Gasteiger partial charge in [-0.05, 0) is 78.1 Å². The molecule has 0 radical (unpaired) electrons. The van der Waals surface area contributed by atoms with Crippen molar-refractivity contribution in [1.82, 2.24) is 0 Å². The van der Waals surface area contributed by atoms with E-state index in [-0.39, 0.29) is 11.3 Å². The van der Waals surface area contributed by atoms with Gasteiger partial charge >= 0.3 is 5.97 Å². The molecule has 0 heterocycles. The Morgan fingerprint density at radius 2 is 1.45 bits per heavy atom. The molecule has 0 atom stereocenters. The minimum absolute atomic E-state index is 0.00328. The zero-order chi connectivity index (χ0) is 16.4. The van der Waals surface area contributed by atoms with Crippen molar-refractivity contribution in [3.8, 4) is 5.75 Å². The van der Waals surface area contributed by atoms with Crippen molar-refractivity contribution >= 4 is 65.4 Å². The molecule has 0 aliphatic heterocycles. The molecule has 2 aromatic carbocycles. The monoisotopic (exact) mass is 491 g/mol. The summed E-state index contributed by atoms with van der Waals surface area (Å²) in [4.78, 5) is 23.1. The summed E-state index contributed by atoms with van der Waals surface area (Å²) in [6.45, 7) is 0. The van der Waals surface area contributed by atoms with Crippen LogP contribution in [0.15, 0.2) is 43.7 Å². The van der Waals surface area contributed by atoms with E-state index >= 15 is 0 Å². The van der Waals surface area contributed by atoms with Crippen LogP contribution in [0.4, 0.5) is 5.69 Å². The Bertz CT molecular complexity index is 754. The summed E-state index contributed by atoms with van der Waals surface area (Å²) in [7, 11) is 0. The highest BCUT2D eigenvalue weighted by atomic mass is 79.9. The average molecular weight is 494 g/mol. The molecular weight excluding hydrogens is 486 g/mol. The number of nitrogens with one attached hydrogen (secondary N) is 1. The Morgan fingerprint density at radius 1 is 0.909 bits per heavy atom. The summed E-state index contributed by atoms with van der Waals surface area (Å²) < 4.78 is 1.22. The SMILES string of the molecule is O=C(O)c1ccc(NC(=O)c2cc(Br)c(O)c(Br)c2)c(Br)c1. The maximum Gasteiger partial charge on any atom is 0.335 e. The lowest BCUT2D eigenvalue weighted by Gasteiger charge is -2.09. The third-order valence-electron chi connectivity index (χ3n) is 2.74. The van der Waals surface area contributed by atoms with Gasteiger partial charge in [-0.3, -0.25) is 4.79 Å². The van der Waals surface area contributed by atoms with Crippen molar-refractivity contribution in [2.75, 3.05) is 5.32 Å². The number of carbonyl (C=O) groups is 2. The Balaban J connectivity index is 2.28. The molecule has 0 saturated carbocycles. The summed E-state index contributed by atoms with van der Waals surface area (Å²) in [6, 6.07) is 7.26. The summed E-state index contributed by atoms with van der Waals surface area (Å²) in [5, 5.41) is 21.2. The second-order valence-electron chi connectivity index (χ2n) is 4.24. The maximum atomic E-state index is 12.2. The van der Waals surface area contributed by atoms with Crippen LogP contribution in [-0.4, -0.2) is 22.1 Å². The second kappa shape index (κ2) is 6.80. The molecule has 0 aromatic heterocycles. The van der Waals surface area contributed by atoms with Crippen LogP contribution in [0.5, 0.6) is 5.75 Å². The molecule has 3 N–H and O–H groups in total. The molecule has 114 valence electrons. The Labute approximate surface area is 150 Å². The highest BCUT2D eigenvalue weighted by molar-refractivity contribution is 9.11. The number of phenols is 1. The number of carboxylic acids is 1. The van der Waals surface area contributed by atoms with Crippen molar-refractivity contribution in [3.63, 3.8) is 0 Å². The van der Waals surface area contributed by atoms with Crippen LogP contribution in [0, 0.1) is 0 Å². The first-order chi connectivity index (χ1) is 10.3. The standard InChI is InChI=1S/C14H8Br3NO4/c15-8-3-6(14(21)22)1-2-11(8)18-13(20)7-4-9(16)12(19)10(17)5-7/h1-5,19H,(H,18,20)(H,21,22). The number of halogens is 3. The van der Waals surface area contributed by atoms with Crippen molar-refractivity contribution < 1.29 is 19.8 Å². The molecule has 2 aromatic rings. The number of anilines is 1. The fourth-order valence-corrected chi connectivity index (χ4v) is 3.30. The summed E-state index contributed by atoms with van der Waals surface area (Å²) in [6.07, 6.45) is 0. The molecule has 0 aliphatic carbocycles. The van der Waals surface area contributed by atoms with Gasteiger partial charge < -0.3 is 15.5 Å². The number of benzene rings is 2. The van der Waals surface area contributed by atoms with Crippen LogP contribution in [0.3, 0.4) is 0 Å². The Hall–Kier alpha value is -1.38. The number of amides is 1. The van der Waals surface area contributed by atoms with Gasteiger partial charge in [-0.1, -0.05) is 0 Å². The third kappa shape index (κ3) is 3.68. The predicted molar refractivity (Wildman–Crippen MR) is 92.6 cm³/mol. The van der Waals surface area contributed by atoms with Gasteiger partial charge in [0.05, 0.1) is 20.2 Å². The minimum Gasteiger partial charge on any atom is -0.506 e. The summed E-state index contributed by atoms with van der Waals surface area (Å²) in [5.74, 6) is -1.45. The first kappa shape index (κ1) is 17.0. The van der Waals surface area contributed by atoms with Crippen LogP contribution < -0.4 is 5.32 Å². The van der Waals surface area contributed by atoms with E-state index in [1.807, 2.05) is 0 Å². The van der Waals surface area contributed by atoms with E-state index in [2.05, 4.69) is 53.1 Å². The number of rotatable bonds is 3. The van der Waals surface area contributed by atoms with Gasteiger partial charge in [0.25, 0.3) is 5.91 Å². The van der Waals surface area contributed by atoms with Crippen molar-refractivity contribution in [1.29, 1.82) is 0 Å². The van der Waals surface area contributed by atoms with Gasteiger partial charge in [0, 0.05) is 10.0 Å². The van der Waals surface area contributed by atoms with Gasteiger partial charge in [-0.2, -0.15) is 0 Å². The number of carbonyl (C=O) groups excluding carboxylic acids is 1. The Kier molecular flexibility index (Phi) is 5.25. The molecule has 8 heteroatoms. The molecule has 1 amide bonds. The lowest BCUT2D eigenvalue weighted by molar-refractivity contribution is 0.0696. The smallest absolute Gasteiger partial charge is 0.335 e. The zero-order valence-electron chi connectivity index (χ0n) is 10.7. The van der Waals surface area contributed by atoms with Gasteiger partial charge in [-0.15, -0.1) is 0 Å². The first-order valence-electron chi connectivity index (χ1n) is 5.82. The number of hydrogen-bond donors (Lipinski definition) is 3. The van der Waals surface area contributed by atoms with Crippen LogP contribution in [0.1, 0.15) is 20.7 Å². The normalized spacial score (nSPS) is 10.3. The van der Waals surface area contributed by atoms with Gasteiger partial charge in [0.1, 0.15) is 5.75 Å².